The van der Waals surface area contributed by atoms with Crippen LogP contribution in [-0.4, -0.2) is 23.6 Å². The summed E-state index contributed by atoms with van der Waals surface area (Å²) in [6.45, 7) is 2.63. The van der Waals surface area contributed by atoms with E-state index in [4.69, 9.17) is 4.74 Å². The summed E-state index contributed by atoms with van der Waals surface area (Å²) in [5.74, 6) is 0.887. The van der Waals surface area contributed by atoms with Gasteiger partial charge in [-0.3, -0.25) is 0 Å². The summed E-state index contributed by atoms with van der Waals surface area (Å²) in [5.41, 5.74) is 2.01. The molecule has 0 fully saturated rings. The van der Waals surface area contributed by atoms with Gasteiger partial charge in [-0.05, 0) is 26.1 Å². The Morgan fingerprint density at radius 2 is 2.11 bits per heavy atom. The molecule has 0 aliphatic heterocycles. The van der Waals surface area contributed by atoms with Gasteiger partial charge in [0.1, 0.15) is 12.1 Å². The molecule has 0 bridgehead atoms. The highest BCUT2D eigenvalue weighted by Crippen LogP contribution is 2.28. The van der Waals surface area contributed by atoms with Crippen molar-refractivity contribution in [2.45, 2.75) is 13.0 Å². The molecule has 1 atom stereocenters. The van der Waals surface area contributed by atoms with Crippen LogP contribution in [0.15, 0.2) is 42.9 Å². The second kappa shape index (κ2) is 6.12. The lowest BCUT2D eigenvalue weighted by Crippen LogP contribution is -2.19. The molecule has 0 aliphatic carbocycles. The lowest BCUT2D eigenvalue weighted by molar-refractivity contribution is 0.334. The summed E-state index contributed by atoms with van der Waals surface area (Å²) in [7, 11) is 1.91. The van der Waals surface area contributed by atoms with Gasteiger partial charge in [-0.15, -0.1) is 0 Å². The molecule has 0 saturated carbocycles. The molecule has 0 spiro atoms. The number of benzene rings is 1. The monoisotopic (exact) mass is 243 g/mol. The Bertz CT molecular complexity index is 487. The predicted molar refractivity (Wildman–Crippen MR) is 70.5 cm³/mol. The van der Waals surface area contributed by atoms with Gasteiger partial charge in [0, 0.05) is 11.8 Å². The summed E-state index contributed by atoms with van der Waals surface area (Å²) in [4.78, 5) is 8.24. The third kappa shape index (κ3) is 2.65. The number of rotatable bonds is 5. The number of aromatic nitrogens is 2. The topological polar surface area (TPSA) is 47.0 Å². The van der Waals surface area contributed by atoms with Crippen LogP contribution in [-0.2, 0) is 0 Å². The molecule has 2 rings (SSSR count). The number of hydrogen-bond acceptors (Lipinski definition) is 4. The molecule has 0 aliphatic rings. The third-order valence-electron chi connectivity index (χ3n) is 2.72. The molecule has 1 heterocycles. The van der Waals surface area contributed by atoms with Gasteiger partial charge >= 0.3 is 0 Å². The van der Waals surface area contributed by atoms with E-state index in [9.17, 15) is 0 Å². The summed E-state index contributed by atoms with van der Waals surface area (Å²) in [6, 6.07) is 9.92. The molecule has 1 N–H and O–H groups in total. The summed E-state index contributed by atoms with van der Waals surface area (Å²) in [5, 5.41) is 3.26. The minimum atomic E-state index is 0.00995. The van der Waals surface area contributed by atoms with Crippen LogP contribution in [0.25, 0.3) is 0 Å². The first kappa shape index (κ1) is 12.5. The van der Waals surface area contributed by atoms with Gasteiger partial charge in [0.2, 0.25) is 0 Å². The Balaban J connectivity index is 2.39. The molecule has 4 nitrogen and oxygen atoms in total. The van der Waals surface area contributed by atoms with Crippen LogP contribution in [0.2, 0.25) is 0 Å². The molecule has 94 valence electrons. The van der Waals surface area contributed by atoms with E-state index < -0.39 is 0 Å². The third-order valence-corrected chi connectivity index (χ3v) is 2.72. The molecule has 0 amide bonds. The van der Waals surface area contributed by atoms with Crippen molar-refractivity contribution in [1.82, 2.24) is 15.3 Å². The maximum atomic E-state index is 5.66. The average Bonchev–Trinajstić information content (AvgIpc) is 2.43. The zero-order valence-corrected chi connectivity index (χ0v) is 10.6. The van der Waals surface area contributed by atoms with E-state index in [2.05, 4.69) is 15.3 Å². The van der Waals surface area contributed by atoms with Gasteiger partial charge in [-0.2, -0.15) is 0 Å². The number of ether oxygens (including phenoxy) is 1. The van der Waals surface area contributed by atoms with Crippen LogP contribution >= 0.6 is 0 Å². The Morgan fingerprint density at radius 3 is 2.78 bits per heavy atom. The lowest BCUT2D eigenvalue weighted by atomic mass is 10.0. The van der Waals surface area contributed by atoms with Crippen LogP contribution < -0.4 is 10.1 Å². The molecule has 0 radical (unpaired) electrons. The maximum Gasteiger partial charge on any atom is 0.124 e. The van der Waals surface area contributed by atoms with Crippen molar-refractivity contribution in [1.29, 1.82) is 0 Å². The Morgan fingerprint density at radius 1 is 1.28 bits per heavy atom. The summed E-state index contributed by atoms with van der Waals surface area (Å²) in [6.07, 6.45) is 3.30. The number of para-hydroxylation sites is 1. The maximum absolute atomic E-state index is 5.66. The second-order valence-corrected chi connectivity index (χ2v) is 3.83. The molecule has 1 aromatic carbocycles. The first-order chi connectivity index (χ1) is 8.86. The van der Waals surface area contributed by atoms with E-state index in [-0.39, 0.29) is 6.04 Å². The zero-order chi connectivity index (χ0) is 12.8. The predicted octanol–water partition coefficient (Wildman–Crippen LogP) is 2.18. The lowest BCUT2D eigenvalue weighted by Gasteiger charge is -2.19. The molecule has 1 aromatic heterocycles. The van der Waals surface area contributed by atoms with E-state index in [1.807, 2.05) is 44.3 Å². The van der Waals surface area contributed by atoms with E-state index in [1.54, 1.807) is 12.5 Å². The SMILES string of the molecule is CCOc1ccccc1C(NC)c1ccncn1. The summed E-state index contributed by atoms with van der Waals surface area (Å²) < 4.78 is 5.66. The van der Waals surface area contributed by atoms with Crippen LogP contribution in [0.3, 0.4) is 0 Å². The van der Waals surface area contributed by atoms with Gasteiger partial charge < -0.3 is 10.1 Å². The highest BCUT2D eigenvalue weighted by molar-refractivity contribution is 5.39. The molecule has 1 unspecified atom stereocenters. The van der Waals surface area contributed by atoms with E-state index >= 15 is 0 Å². The van der Waals surface area contributed by atoms with Gasteiger partial charge in [-0.1, -0.05) is 18.2 Å². The van der Waals surface area contributed by atoms with Crippen molar-refractivity contribution in [2.24, 2.45) is 0 Å². The fourth-order valence-corrected chi connectivity index (χ4v) is 1.94. The first-order valence-electron chi connectivity index (χ1n) is 6.01. The zero-order valence-electron chi connectivity index (χ0n) is 10.6. The standard InChI is InChI=1S/C14H17N3O/c1-3-18-13-7-5-4-6-11(13)14(15-2)12-8-9-16-10-17-12/h4-10,14-15H,3H2,1-2H3. The normalized spacial score (nSPS) is 12.1. The second-order valence-electron chi connectivity index (χ2n) is 3.83. The fraction of sp³-hybridized carbons (Fsp3) is 0.286. The van der Waals surface area contributed by atoms with Crippen LogP contribution in [0.4, 0.5) is 0 Å². The molecule has 0 saturated heterocycles. The van der Waals surface area contributed by atoms with Crippen LogP contribution in [0.1, 0.15) is 24.2 Å². The number of nitrogens with zero attached hydrogens (tertiary/aromatic N) is 2. The van der Waals surface area contributed by atoms with Gasteiger partial charge in [0.15, 0.2) is 0 Å². The van der Waals surface area contributed by atoms with Crippen molar-refractivity contribution in [3.05, 3.63) is 54.1 Å². The van der Waals surface area contributed by atoms with Gasteiger partial charge in [0.05, 0.1) is 18.3 Å². The van der Waals surface area contributed by atoms with Crippen molar-refractivity contribution >= 4 is 0 Å². The van der Waals surface area contributed by atoms with Crippen molar-refractivity contribution in [3.8, 4) is 5.75 Å². The first-order valence-corrected chi connectivity index (χ1v) is 6.01. The highest BCUT2D eigenvalue weighted by Gasteiger charge is 2.17. The fourth-order valence-electron chi connectivity index (χ4n) is 1.94. The smallest absolute Gasteiger partial charge is 0.124 e. The molecule has 18 heavy (non-hydrogen) atoms. The number of hydrogen-bond donors (Lipinski definition) is 1. The molecular weight excluding hydrogens is 226 g/mol. The minimum Gasteiger partial charge on any atom is -0.494 e. The van der Waals surface area contributed by atoms with Crippen molar-refractivity contribution in [3.63, 3.8) is 0 Å². The van der Waals surface area contributed by atoms with E-state index in [1.165, 1.54) is 0 Å². The summed E-state index contributed by atoms with van der Waals surface area (Å²) >= 11 is 0. The van der Waals surface area contributed by atoms with Gasteiger partial charge in [-0.25, -0.2) is 9.97 Å². The number of nitrogens with one attached hydrogen (secondary N) is 1. The van der Waals surface area contributed by atoms with Crippen LogP contribution in [0, 0.1) is 0 Å². The molecule has 2 aromatic rings. The highest BCUT2D eigenvalue weighted by atomic mass is 16.5. The van der Waals surface area contributed by atoms with Crippen molar-refractivity contribution in [2.75, 3.05) is 13.7 Å². The minimum absolute atomic E-state index is 0.00995. The Labute approximate surface area is 107 Å². The Kier molecular flexibility index (Phi) is 4.25. The van der Waals surface area contributed by atoms with E-state index in [0.717, 1.165) is 17.0 Å². The molecule has 4 heteroatoms. The quantitative estimate of drug-likeness (QED) is 0.874. The van der Waals surface area contributed by atoms with Crippen molar-refractivity contribution < 1.29 is 4.74 Å². The van der Waals surface area contributed by atoms with Crippen LogP contribution in [0.5, 0.6) is 5.75 Å². The Hall–Kier alpha value is -1.94. The van der Waals surface area contributed by atoms with Gasteiger partial charge in [0.25, 0.3) is 0 Å². The molecular formula is C14H17N3O. The van der Waals surface area contributed by atoms with E-state index in [0.29, 0.717) is 6.61 Å². The largest absolute Gasteiger partial charge is 0.494 e. The average molecular weight is 243 g/mol.